The zero-order valence-corrected chi connectivity index (χ0v) is 15.1. The highest BCUT2D eigenvalue weighted by Gasteiger charge is 2.74. The Morgan fingerprint density at radius 1 is 0.893 bits per heavy atom. The smallest absolute Gasteiger partial charge is 0.343 e. The fourth-order valence-corrected chi connectivity index (χ4v) is 2.48. The summed E-state index contributed by atoms with van der Waals surface area (Å²) >= 11 is 0. The van der Waals surface area contributed by atoms with Crippen molar-refractivity contribution in [2.45, 2.75) is 63.5 Å². The number of halogens is 9. The topological polar surface area (TPSA) is 18.5 Å². The molecule has 0 aliphatic heterocycles. The van der Waals surface area contributed by atoms with Crippen molar-refractivity contribution >= 4 is 0 Å². The number of benzene rings is 1. The highest BCUT2D eigenvalue weighted by atomic mass is 19.4. The molecule has 1 aromatic rings. The third-order valence-electron chi connectivity index (χ3n) is 4.10. The lowest BCUT2D eigenvalue weighted by Crippen LogP contribution is -2.57. The second kappa shape index (κ2) is 8.48. The van der Waals surface area contributed by atoms with Crippen molar-refractivity contribution < 1.29 is 49.0 Å². The largest absolute Gasteiger partial charge is 0.430 e. The van der Waals surface area contributed by atoms with Gasteiger partial charge in [0.1, 0.15) is 6.61 Å². The Morgan fingerprint density at radius 3 is 1.86 bits per heavy atom. The van der Waals surface area contributed by atoms with Gasteiger partial charge in [-0.25, -0.2) is 0 Å². The van der Waals surface area contributed by atoms with E-state index < -0.39 is 42.6 Å². The van der Waals surface area contributed by atoms with Crippen LogP contribution in [0.1, 0.15) is 44.2 Å². The molecule has 0 aliphatic rings. The molecule has 1 aromatic carbocycles. The molecule has 0 radical (unpaired) electrons. The molecule has 0 fully saturated rings. The number of rotatable bonds is 7. The Balaban J connectivity index is 3.48. The molecule has 162 valence electrons. The summed E-state index contributed by atoms with van der Waals surface area (Å²) in [7, 11) is 0. The number of hydrogen-bond acceptors (Lipinski definition) is 2. The van der Waals surface area contributed by atoms with Crippen molar-refractivity contribution in [1.29, 1.82) is 0 Å². The van der Waals surface area contributed by atoms with Gasteiger partial charge >= 0.3 is 18.5 Å². The zero-order valence-electron chi connectivity index (χ0n) is 15.1. The van der Waals surface area contributed by atoms with Crippen LogP contribution in [-0.4, -0.2) is 31.4 Å². The fourth-order valence-electron chi connectivity index (χ4n) is 2.48. The number of ether oxygens (including phenoxy) is 2. The van der Waals surface area contributed by atoms with E-state index in [1.165, 1.54) is 6.07 Å². The standard InChI is InChI=1S/C17H19F9O2/c1-4-10(2)12-6-5-7-13(8-12)15(16(21,22)23,17(24,25)26)28-11(3)27-9-14(18,19)20/h5-8,10-11H,4,9H2,1-3H3. The third kappa shape index (κ3) is 5.53. The van der Waals surface area contributed by atoms with Crippen LogP contribution in [0.25, 0.3) is 0 Å². The van der Waals surface area contributed by atoms with E-state index in [0.29, 0.717) is 25.5 Å². The Kier molecular flexibility index (Phi) is 7.43. The van der Waals surface area contributed by atoms with Crippen molar-refractivity contribution in [1.82, 2.24) is 0 Å². The molecular weight excluding hydrogens is 407 g/mol. The highest BCUT2D eigenvalue weighted by Crippen LogP contribution is 2.54. The van der Waals surface area contributed by atoms with E-state index in [0.717, 1.165) is 6.07 Å². The van der Waals surface area contributed by atoms with Crippen LogP contribution in [0, 0.1) is 0 Å². The molecule has 11 heteroatoms. The van der Waals surface area contributed by atoms with Gasteiger partial charge in [-0.1, -0.05) is 38.1 Å². The SMILES string of the molecule is CCC(C)c1cccc(C(OC(C)OCC(F)(F)F)(C(F)(F)F)C(F)(F)F)c1. The second-order valence-corrected chi connectivity index (χ2v) is 6.22. The number of alkyl halides is 9. The summed E-state index contributed by atoms with van der Waals surface area (Å²) in [4.78, 5) is 0. The summed E-state index contributed by atoms with van der Waals surface area (Å²) in [5, 5.41) is 0. The quantitative estimate of drug-likeness (QED) is 0.368. The van der Waals surface area contributed by atoms with E-state index in [1.807, 2.05) is 0 Å². The summed E-state index contributed by atoms with van der Waals surface area (Å²) in [6.07, 6.45) is -19.0. The molecule has 2 atom stereocenters. The molecule has 0 N–H and O–H groups in total. The molecule has 2 nitrogen and oxygen atoms in total. The van der Waals surface area contributed by atoms with Crippen molar-refractivity contribution in [3.05, 3.63) is 35.4 Å². The van der Waals surface area contributed by atoms with Crippen LogP contribution < -0.4 is 0 Å². The van der Waals surface area contributed by atoms with Gasteiger partial charge in [0.25, 0.3) is 5.60 Å². The highest BCUT2D eigenvalue weighted by molar-refractivity contribution is 5.33. The van der Waals surface area contributed by atoms with E-state index in [-0.39, 0.29) is 11.5 Å². The molecule has 0 aliphatic carbocycles. The Hall–Kier alpha value is -1.49. The van der Waals surface area contributed by atoms with Gasteiger partial charge in [0.2, 0.25) is 0 Å². The van der Waals surface area contributed by atoms with E-state index >= 15 is 0 Å². The van der Waals surface area contributed by atoms with Gasteiger partial charge in [-0.2, -0.15) is 39.5 Å². The van der Waals surface area contributed by atoms with Crippen molar-refractivity contribution in [3.63, 3.8) is 0 Å². The van der Waals surface area contributed by atoms with Gasteiger partial charge in [-0.3, -0.25) is 0 Å². The monoisotopic (exact) mass is 426 g/mol. The normalized spacial score (nSPS) is 16.1. The van der Waals surface area contributed by atoms with Crippen LogP contribution in [0.5, 0.6) is 0 Å². The lowest BCUT2D eigenvalue weighted by molar-refractivity contribution is -0.418. The average Bonchev–Trinajstić information content (AvgIpc) is 2.54. The van der Waals surface area contributed by atoms with Crippen molar-refractivity contribution in [2.24, 2.45) is 0 Å². The molecule has 1 rings (SSSR count). The average molecular weight is 426 g/mol. The van der Waals surface area contributed by atoms with Crippen LogP contribution in [0.3, 0.4) is 0 Å². The lowest BCUT2D eigenvalue weighted by Gasteiger charge is -2.39. The number of hydrogen-bond donors (Lipinski definition) is 0. The predicted octanol–water partition coefficient (Wildman–Crippen LogP) is 6.46. The minimum absolute atomic E-state index is 0.199. The summed E-state index contributed by atoms with van der Waals surface area (Å²) in [5.74, 6) is -0.349. The Bertz CT molecular complexity index is 621. The van der Waals surface area contributed by atoms with Crippen LogP contribution in [-0.2, 0) is 15.1 Å². The molecule has 0 saturated heterocycles. The van der Waals surface area contributed by atoms with E-state index in [4.69, 9.17) is 0 Å². The molecule has 0 saturated carbocycles. The molecule has 0 spiro atoms. The molecule has 2 unspecified atom stereocenters. The molecule has 0 heterocycles. The Morgan fingerprint density at radius 2 is 1.43 bits per heavy atom. The second-order valence-electron chi connectivity index (χ2n) is 6.22. The first-order chi connectivity index (χ1) is 12.5. The molecular formula is C17H19F9O2. The maximum absolute atomic E-state index is 13.7. The van der Waals surface area contributed by atoms with Gasteiger partial charge in [0, 0.05) is 5.56 Å². The first kappa shape index (κ1) is 24.5. The van der Waals surface area contributed by atoms with Crippen LogP contribution >= 0.6 is 0 Å². The Labute approximate surface area is 155 Å². The van der Waals surface area contributed by atoms with Gasteiger partial charge < -0.3 is 9.47 Å². The van der Waals surface area contributed by atoms with Gasteiger partial charge in [-0.05, 0) is 24.8 Å². The minimum atomic E-state index is -6.02. The summed E-state index contributed by atoms with van der Waals surface area (Å²) < 4.78 is 127. The molecule has 0 amide bonds. The predicted molar refractivity (Wildman–Crippen MR) is 81.5 cm³/mol. The van der Waals surface area contributed by atoms with E-state index in [9.17, 15) is 39.5 Å². The van der Waals surface area contributed by atoms with Gasteiger partial charge in [-0.15, -0.1) is 0 Å². The zero-order chi connectivity index (χ0) is 22.0. The molecule has 28 heavy (non-hydrogen) atoms. The first-order valence-corrected chi connectivity index (χ1v) is 8.15. The molecule has 0 aromatic heterocycles. The van der Waals surface area contributed by atoms with E-state index in [2.05, 4.69) is 9.47 Å². The molecule has 0 bridgehead atoms. The van der Waals surface area contributed by atoms with Crippen LogP contribution in [0.4, 0.5) is 39.5 Å². The van der Waals surface area contributed by atoms with E-state index in [1.54, 1.807) is 13.8 Å². The summed E-state index contributed by atoms with van der Waals surface area (Å²) in [5.41, 5.74) is -5.94. The minimum Gasteiger partial charge on any atom is -0.343 e. The van der Waals surface area contributed by atoms with Gasteiger partial charge in [0.15, 0.2) is 6.29 Å². The van der Waals surface area contributed by atoms with Gasteiger partial charge in [0.05, 0.1) is 0 Å². The van der Waals surface area contributed by atoms with Crippen molar-refractivity contribution in [3.8, 4) is 0 Å². The lowest BCUT2D eigenvalue weighted by atomic mass is 9.87. The maximum Gasteiger partial charge on any atom is 0.430 e. The summed E-state index contributed by atoms with van der Waals surface area (Å²) in [6.45, 7) is 1.78. The van der Waals surface area contributed by atoms with Crippen LogP contribution in [0.2, 0.25) is 0 Å². The maximum atomic E-state index is 13.7. The fraction of sp³-hybridized carbons (Fsp3) is 0.647. The van der Waals surface area contributed by atoms with Crippen molar-refractivity contribution in [2.75, 3.05) is 6.61 Å². The van der Waals surface area contributed by atoms with Crippen LogP contribution in [0.15, 0.2) is 24.3 Å². The summed E-state index contributed by atoms with van der Waals surface area (Å²) in [6, 6.07) is 3.64. The first-order valence-electron chi connectivity index (χ1n) is 8.15. The third-order valence-corrected chi connectivity index (χ3v) is 4.10.